The largest absolute Gasteiger partial charge is 0.389 e. The molecule has 1 heterocycles. The second kappa shape index (κ2) is 7.22. The fourth-order valence-electron chi connectivity index (χ4n) is 1.37. The van der Waals surface area contributed by atoms with Crippen LogP contribution in [-0.4, -0.2) is 35.9 Å². The molecule has 0 fully saturated rings. The first kappa shape index (κ1) is 16.4. The van der Waals surface area contributed by atoms with Crippen molar-refractivity contribution in [2.24, 2.45) is 0 Å². The maximum absolute atomic E-state index is 12.0. The number of nitrogens with one attached hydrogen (secondary N) is 1. The molecule has 0 aliphatic rings. The Morgan fingerprint density at radius 1 is 1.50 bits per heavy atom. The zero-order chi connectivity index (χ0) is 15.2. The molecule has 0 bridgehead atoms. The van der Waals surface area contributed by atoms with E-state index >= 15 is 0 Å². The standard InChI is InChI=1S/C11H16F3N3O3/c1-7(15-9(18)3-5-11(12,13)14)10-16-8(17-20-10)4-6-19-2/h7H,3-6H2,1-2H3,(H,15,18). The number of rotatable bonds is 7. The SMILES string of the molecule is COCCc1noc(C(C)NC(=O)CCC(F)(F)F)n1. The van der Waals surface area contributed by atoms with Crippen LogP contribution in [0.25, 0.3) is 0 Å². The summed E-state index contributed by atoms with van der Waals surface area (Å²) >= 11 is 0. The Kier molecular flexibility index (Phi) is 5.93. The van der Waals surface area contributed by atoms with Crippen molar-refractivity contribution in [2.75, 3.05) is 13.7 Å². The maximum atomic E-state index is 12.0. The van der Waals surface area contributed by atoms with Gasteiger partial charge in [0.2, 0.25) is 11.8 Å². The summed E-state index contributed by atoms with van der Waals surface area (Å²) in [5.41, 5.74) is 0. The highest BCUT2D eigenvalue weighted by Crippen LogP contribution is 2.21. The number of ether oxygens (including phenoxy) is 1. The minimum absolute atomic E-state index is 0.150. The Hall–Kier alpha value is -1.64. The molecule has 0 saturated carbocycles. The molecule has 1 N–H and O–H groups in total. The maximum Gasteiger partial charge on any atom is 0.389 e. The second-order valence-corrected chi connectivity index (χ2v) is 4.20. The average Bonchev–Trinajstić information content (AvgIpc) is 2.82. The second-order valence-electron chi connectivity index (χ2n) is 4.20. The van der Waals surface area contributed by atoms with E-state index in [4.69, 9.17) is 9.26 Å². The number of methoxy groups -OCH3 is 1. The predicted molar refractivity (Wildman–Crippen MR) is 61.7 cm³/mol. The Labute approximate surface area is 113 Å². The summed E-state index contributed by atoms with van der Waals surface area (Å²) in [6.45, 7) is 1.98. The number of carbonyl (C=O) groups excluding carboxylic acids is 1. The topological polar surface area (TPSA) is 77.3 Å². The van der Waals surface area contributed by atoms with Crippen LogP contribution in [0.1, 0.15) is 37.5 Å². The zero-order valence-corrected chi connectivity index (χ0v) is 11.2. The molecule has 0 spiro atoms. The third-order valence-corrected chi connectivity index (χ3v) is 2.40. The van der Waals surface area contributed by atoms with Gasteiger partial charge in [-0.3, -0.25) is 4.79 Å². The molecule has 6 nitrogen and oxygen atoms in total. The van der Waals surface area contributed by atoms with Crippen LogP contribution in [0.5, 0.6) is 0 Å². The minimum Gasteiger partial charge on any atom is -0.384 e. The summed E-state index contributed by atoms with van der Waals surface area (Å²) in [6, 6.07) is -0.639. The van der Waals surface area contributed by atoms with E-state index in [1.165, 1.54) is 7.11 Å². The number of halogens is 3. The van der Waals surface area contributed by atoms with Gasteiger partial charge in [0, 0.05) is 20.0 Å². The molecule has 0 aliphatic heterocycles. The first-order chi connectivity index (χ1) is 9.31. The number of hydrogen-bond donors (Lipinski definition) is 1. The van der Waals surface area contributed by atoms with Crippen molar-refractivity contribution in [3.8, 4) is 0 Å². The van der Waals surface area contributed by atoms with E-state index in [0.717, 1.165) is 0 Å². The van der Waals surface area contributed by atoms with Crippen molar-refractivity contribution in [3.63, 3.8) is 0 Å². The lowest BCUT2D eigenvalue weighted by Gasteiger charge is -2.10. The van der Waals surface area contributed by atoms with Crippen LogP contribution in [0.3, 0.4) is 0 Å². The molecule has 1 amide bonds. The summed E-state index contributed by atoms with van der Waals surface area (Å²) in [4.78, 5) is 15.3. The quantitative estimate of drug-likeness (QED) is 0.829. The molecule has 0 radical (unpaired) electrons. The number of hydrogen-bond acceptors (Lipinski definition) is 5. The molecule has 1 aromatic heterocycles. The van der Waals surface area contributed by atoms with Crippen molar-refractivity contribution in [1.82, 2.24) is 15.5 Å². The van der Waals surface area contributed by atoms with Crippen molar-refractivity contribution in [1.29, 1.82) is 0 Å². The van der Waals surface area contributed by atoms with Gasteiger partial charge in [-0.25, -0.2) is 0 Å². The van der Waals surface area contributed by atoms with Crippen LogP contribution in [0, 0.1) is 0 Å². The lowest BCUT2D eigenvalue weighted by molar-refractivity contribution is -0.144. The fraction of sp³-hybridized carbons (Fsp3) is 0.727. The molecule has 1 unspecified atom stereocenters. The van der Waals surface area contributed by atoms with Gasteiger partial charge in [0.15, 0.2) is 5.82 Å². The van der Waals surface area contributed by atoms with Crippen LogP contribution < -0.4 is 5.32 Å². The Morgan fingerprint density at radius 2 is 2.20 bits per heavy atom. The summed E-state index contributed by atoms with van der Waals surface area (Å²) in [5, 5.41) is 6.04. The summed E-state index contributed by atoms with van der Waals surface area (Å²) < 4.78 is 45.7. The molecular weight excluding hydrogens is 279 g/mol. The van der Waals surface area contributed by atoms with Gasteiger partial charge < -0.3 is 14.6 Å². The first-order valence-corrected chi connectivity index (χ1v) is 5.99. The monoisotopic (exact) mass is 295 g/mol. The molecule has 20 heavy (non-hydrogen) atoms. The van der Waals surface area contributed by atoms with E-state index < -0.39 is 31.0 Å². The Balaban J connectivity index is 2.43. The van der Waals surface area contributed by atoms with Crippen LogP contribution in [0.2, 0.25) is 0 Å². The number of nitrogens with zero attached hydrogens (tertiary/aromatic N) is 2. The van der Waals surface area contributed by atoms with Gasteiger partial charge >= 0.3 is 6.18 Å². The molecule has 114 valence electrons. The molecule has 1 aromatic rings. The zero-order valence-electron chi connectivity index (χ0n) is 11.2. The van der Waals surface area contributed by atoms with Crippen LogP contribution in [0.15, 0.2) is 4.52 Å². The van der Waals surface area contributed by atoms with Gasteiger partial charge in [0.1, 0.15) is 6.04 Å². The van der Waals surface area contributed by atoms with Crippen molar-refractivity contribution in [2.45, 2.75) is 38.4 Å². The van der Waals surface area contributed by atoms with E-state index in [-0.39, 0.29) is 5.89 Å². The molecular formula is C11H16F3N3O3. The highest BCUT2D eigenvalue weighted by Gasteiger charge is 2.28. The van der Waals surface area contributed by atoms with Crippen molar-refractivity contribution >= 4 is 5.91 Å². The van der Waals surface area contributed by atoms with E-state index in [9.17, 15) is 18.0 Å². The van der Waals surface area contributed by atoms with Gasteiger partial charge in [-0.2, -0.15) is 18.2 Å². The molecule has 0 saturated heterocycles. The summed E-state index contributed by atoms with van der Waals surface area (Å²) in [7, 11) is 1.53. The van der Waals surface area contributed by atoms with Crippen molar-refractivity contribution in [3.05, 3.63) is 11.7 Å². The minimum atomic E-state index is -4.35. The molecule has 0 aromatic carbocycles. The van der Waals surface area contributed by atoms with E-state index in [1.54, 1.807) is 6.92 Å². The highest BCUT2D eigenvalue weighted by atomic mass is 19.4. The smallest absolute Gasteiger partial charge is 0.384 e. The first-order valence-electron chi connectivity index (χ1n) is 5.99. The van der Waals surface area contributed by atoms with E-state index in [2.05, 4.69) is 15.5 Å². The van der Waals surface area contributed by atoms with Crippen LogP contribution >= 0.6 is 0 Å². The van der Waals surface area contributed by atoms with Gasteiger partial charge in [0.25, 0.3) is 0 Å². The van der Waals surface area contributed by atoms with E-state index in [0.29, 0.717) is 18.9 Å². The molecule has 9 heteroatoms. The Bertz CT molecular complexity index is 434. The number of carbonyl (C=O) groups is 1. The van der Waals surface area contributed by atoms with Gasteiger partial charge in [-0.1, -0.05) is 5.16 Å². The van der Waals surface area contributed by atoms with E-state index in [1.807, 2.05) is 0 Å². The highest BCUT2D eigenvalue weighted by molar-refractivity contribution is 5.76. The molecule has 1 atom stereocenters. The summed E-state index contributed by atoms with van der Waals surface area (Å²) in [5.74, 6) is -0.152. The lowest BCUT2D eigenvalue weighted by atomic mass is 10.2. The van der Waals surface area contributed by atoms with Crippen molar-refractivity contribution < 1.29 is 27.2 Å². The normalized spacial score (nSPS) is 13.2. The Morgan fingerprint density at radius 3 is 2.80 bits per heavy atom. The molecule has 1 rings (SSSR count). The number of alkyl halides is 3. The van der Waals surface area contributed by atoms with Gasteiger partial charge in [-0.05, 0) is 6.92 Å². The number of amides is 1. The van der Waals surface area contributed by atoms with Gasteiger partial charge in [0.05, 0.1) is 13.0 Å². The third kappa shape index (κ3) is 6.00. The summed E-state index contributed by atoms with van der Waals surface area (Å²) in [6.07, 6.45) is -5.68. The van der Waals surface area contributed by atoms with Gasteiger partial charge in [-0.15, -0.1) is 0 Å². The third-order valence-electron chi connectivity index (χ3n) is 2.40. The number of aromatic nitrogens is 2. The van der Waals surface area contributed by atoms with Crippen LogP contribution in [0.4, 0.5) is 13.2 Å². The lowest BCUT2D eigenvalue weighted by Crippen LogP contribution is -2.28. The molecule has 0 aliphatic carbocycles. The van der Waals surface area contributed by atoms with Crippen LogP contribution in [-0.2, 0) is 16.0 Å². The fourth-order valence-corrected chi connectivity index (χ4v) is 1.37. The average molecular weight is 295 g/mol. The predicted octanol–water partition coefficient (Wildman–Crippen LogP) is 1.78.